The topological polar surface area (TPSA) is 159 Å². The second-order valence-electron chi connectivity index (χ2n) is 7.53. The summed E-state index contributed by atoms with van der Waals surface area (Å²) in [6.07, 6.45) is -3.75. The number of benzene rings is 2. The number of nitrogens with two attached hydrogens (primary N) is 2. The number of carbonyl (C=O) groups is 1. The van der Waals surface area contributed by atoms with Gasteiger partial charge in [0, 0.05) is 27.5 Å². The summed E-state index contributed by atoms with van der Waals surface area (Å²) >= 11 is 6.89. The molecule has 5 atom stereocenters. The molecule has 8 nitrogen and oxygen atoms in total. The van der Waals surface area contributed by atoms with Gasteiger partial charge in [-0.05, 0) is 104 Å². The Hall–Kier alpha value is -0.140. The van der Waals surface area contributed by atoms with Gasteiger partial charge in [-0.1, -0.05) is 13.0 Å². The maximum absolute atomic E-state index is 13.2. The number of ketones is 1. The summed E-state index contributed by atoms with van der Waals surface area (Å²) in [6, 6.07) is 5.29. The second kappa shape index (κ2) is 10.2. The molecule has 0 aromatic heterocycles. The van der Waals surface area contributed by atoms with E-state index in [-0.39, 0.29) is 11.3 Å². The SMILES string of the molecule is CCc1c(I)cc(I)c(-c2ccc(C(=O)C3(O)O[C@H](CO)[C@@H](O)[C@H](O)[C@H]3N)c(N)c2)c1I. The summed E-state index contributed by atoms with van der Waals surface area (Å²) in [4.78, 5) is 13.2. The van der Waals surface area contributed by atoms with Gasteiger partial charge >= 0.3 is 0 Å². The summed E-state index contributed by atoms with van der Waals surface area (Å²) in [5.74, 6) is -3.62. The number of hydrogen-bond acceptors (Lipinski definition) is 8. The molecule has 1 fully saturated rings. The van der Waals surface area contributed by atoms with Gasteiger partial charge in [-0.15, -0.1) is 0 Å². The van der Waals surface area contributed by atoms with E-state index in [1.54, 1.807) is 12.1 Å². The number of nitrogen functional groups attached to an aromatic ring is 1. The predicted molar refractivity (Wildman–Crippen MR) is 145 cm³/mol. The van der Waals surface area contributed by atoms with Crippen molar-refractivity contribution >= 4 is 79.2 Å². The molecule has 2 aromatic carbocycles. The van der Waals surface area contributed by atoms with Crippen LogP contribution in [-0.4, -0.2) is 63.0 Å². The normalized spacial score (nSPS) is 28.0. The quantitative estimate of drug-likeness (QED) is 0.152. The minimum Gasteiger partial charge on any atom is -0.398 e. The maximum Gasteiger partial charge on any atom is 0.250 e. The number of ether oxygens (including phenoxy) is 1. The Bertz CT molecular complexity index is 1050. The fourth-order valence-electron chi connectivity index (χ4n) is 3.73. The Kier molecular flexibility index (Phi) is 8.46. The molecule has 1 aliphatic heterocycles. The standard InChI is InChI=1S/C21H23I3N2O6/c1-2-9-11(22)6-12(23)15(16(9)24)8-3-4-10(13(25)5-8)20(30)21(31)19(26)18(29)17(28)14(7-27)32-21/h3-6,14,17-19,27-29,31H,2,7,25-26H2,1H3/t14-,17-,18+,19-,21?/m1/s1. The fraction of sp³-hybridized carbons (Fsp3) is 0.381. The number of aliphatic hydroxyl groups is 4. The molecule has 0 aliphatic carbocycles. The molecule has 2 aromatic rings. The van der Waals surface area contributed by atoms with Crippen LogP contribution in [0.15, 0.2) is 24.3 Å². The minimum absolute atomic E-state index is 0.0433. The van der Waals surface area contributed by atoms with Gasteiger partial charge in [-0.25, -0.2) is 0 Å². The highest BCUT2D eigenvalue weighted by molar-refractivity contribution is 14.1. The second-order valence-corrected chi connectivity index (χ2v) is 10.9. The number of hydrogen-bond donors (Lipinski definition) is 6. The summed E-state index contributed by atoms with van der Waals surface area (Å²) in [5, 5.41) is 40.4. The van der Waals surface area contributed by atoms with Gasteiger partial charge < -0.3 is 36.6 Å². The summed E-state index contributed by atoms with van der Waals surface area (Å²) in [5.41, 5.74) is 15.1. The Morgan fingerprint density at radius 3 is 2.38 bits per heavy atom. The van der Waals surface area contributed by atoms with Crippen LogP contribution < -0.4 is 11.5 Å². The predicted octanol–water partition coefficient (Wildman–Crippen LogP) is 1.62. The zero-order valence-corrected chi connectivity index (χ0v) is 23.4. The number of aliphatic hydroxyl groups excluding tert-OH is 3. The smallest absolute Gasteiger partial charge is 0.250 e. The highest BCUT2D eigenvalue weighted by atomic mass is 127. The number of anilines is 1. The summed E-state index contributed by atoms with van der Waals surface area (Å²) in [6.45, 7) is 1.37. The largest absolute Gasteiger partial charge is 0.398 e. The van der Waals surface area contributed by atoms with Crippen molar-refractivity contribution in [2.45, 2.75) is 43.5 Å². The van der Waals surface area contributed by atoms with E-state index in [0.29, 0.717) is 0 Å². The lowest BCUT2D eigenvalue weighted by atomic mass is 9.85. The van der Waals surface area contributed by atoms with Gasteiger partial charge in [0.25, 0.3) is 0 Å². The molecule has 0 saturated carbocycles. The zero-order chi connectivity index (χ0) is 24.0. The summed E-state index contributed by atoms with van der Waals surface area (Å²) < 4.78 is 8.55. The molecule has 32 heavy (non-hydrogen) atoms. The molecule has 8 N–H and O–H groups in total. The number of carbonyl (C=O) groups excluding carboxylic acids is 1. The Labute approximate surface area is 226 Å². The van der Waals surface area contributed by atoms with Gasteiger partial charge in [0.2, 0.25) is 11.6 Å². The van der Waals surface area contributed by atoms with Crippen molar-refractivity contribution in [2.75, 3.05) is 12.3 Å². The molecule has 0 spiro atoms. The molecule has 0 bridgehead atoms. The average molecular weight is 780 g/mol. The fourth-order valence-corrected chi connectivity index (χ4v) is 8.49. The third-order valence-corrected chi connectivity index (χ3v) is 8.59. The van der Waals surface area contributed by atoms with Crippen LogP contribution in [0.4, 0.5) is 5.69 Å². The lowest BCUT2D eigenvalue weighted by Gasteiger charge is -2.45. The molecule has 1 heterocycles. The van der Waals surface area contributed by atoms with Gasteiger partial charge in [0.05, 0.1) is 12.6 Å². The van der Waals surface area contributed by atoms with E-state index >= 15 is 0 Å². The Morgan fingerprint density at radius 1 is 1.16 bits per heavy atom. The van der Waals surface area contributed by atoms with Gasteiger partial charge in [0.1, 0.15) is 18.3 Å². The molecule has 11 heteroatoms. The van der Waals surface area contributed by atoms with Crippen LogP contribution >= 0.6 is 67.8 Å². The van der Waals surface area contributed by atoms with Crippen LogP contribution in [0.2, 0.25) is 0 Å². The molecule has 0 amide bonds. The van der Waals surface area contributed by atoms with E-state index in [1.165, 1.54) is 15.2 Å². The molecule has 1 unspecified atom stereocenters. The van der Waals surface area contributed by atoms with E-state index in [0.717, 1.165) is 24.7 Å². The molecular weight excluding hydrogens is 757 g/mol. The number of halogens is 3. The first-order valence-electron chi connectivity index (χ1n) is 9.71. The van der Waals surface area contributed by atoms with Crippen molar-refractivity contribution in [1.82, 2.24) is 0 Å². The molecule has 174 valence electrons. The molecule has 1 aliphatic rings. The zero-order valence-electron chi connectivity index (χ0n) is 16.9. The number of rotatable bonds is 5. The summed E-state index contributed by atoms with van der Waals surface area (Å²) in [7, 11) is 0. The molecule has 1 saturated heterocycles. The first-order valence-corrected chi connectivity index (χ1v) is 12.9. The van der Waals surface area contributed by atoms with E-state index in [2.05, 4.69) is 80.8 Å². The van der Waals surface area contributed by atoms with E-state index in [1.807, 2.05) is 0 Å². The Balaban J connectivity index is 2.03. The first-order chi connectivity index (χ1) is 15.0. The van der Waals surface area contributed by atoms with Crippen molar-refractivity contribution in [3.8, 4) is 11.1 Å². The van der Waals surface area contributed by atoms with E-state index in [9.17, 15) is 25.2 Å². The van der Waals surface area contributed by atoms with Crippen LogP contribution in [0.5, 0.6) is 0 Å². The van der Waals surface area contributed by atoms with Gasteiger partial charge in [-0.3, -0.25) is 4.79 Å². The van der Waals surface area contributed by atoms with Crippen LogP contribution in [-0.2, 0) is 11.2 Å². The average Bonchev–Trinajstić information content (AvgIpc) is 2.74. The van der Waals surface area contributed by atoms with Crippen molar-refractivity contribution in [3.05, 3.63) is 46.1 Å². The van der Waals surface area contributed by atoms with E-state index in [4.69, 9.17) is 16.2 Å². The highest BCUT2D eigenvalue weighted by Crippen LogP contribution is 2.38. The molecule has 3 rings (SSSR count). The van der Waals surface area contributed by atoms with Gasteiger partial charge in [0.15, 0.2) is 0 Å². The van der Waals surface area contributed by atoms with Crippen LogP contribution in [0.1, 0.15) is 22.8 Å². The molecular formula is C21H23I3N2O6. The van der Waals surface area contributed by atoms with Crippen LogP contribution in [0.25, 0.3) is 11.1 Å². The lowest BCUT2D eigenvalue weighted by molar-refractivity contribution is -0.286. The van der Waals surface area contributed by atoms with Crippen molar-refractivity contribution in [3.63, 3.8) is 0 Å². The lowest BCUT2D eigenvalue weighted by Crippen LogP contribution is -2.71. The monoisotopic (exact) mass is 780 g/mol. The number of Topliss-reactive ketones (excluding diaryl/α,β-unsaturated/α-hetero) is 1. The van der Waals surface area contributed by atoms with Crippen molar-refractivity contribution < 1.29 is 30.0 Å². The van der Waals surface area contributed by atoms with Crippen LogP contribution in [0, 0.1) is 10.7 Å². The van der Waals surface area contributed by atoms with E-state index < -0.39 is 42.5 Å². The van der Waals surface area contributed by atoms with Crippen molar-refractivity contribution in [2.24, 2.45) is 5.73 Å². The minimum atomic E-state index is -2.66. The molecule has 0 radical (unpaired) electrons. The Morgan fingerprint density at radius 2 is 1.81 bits per heavy atom. The van der Waals surface area contributed by atoms with Gasteiger partial charge in [-0.2, -0.15) is 0 Å². The maximum atomic E-state index is 13.2. The van der Waals surface area contributed by atoms with Crippen LogP contribution in [0.3, 0.4) is 0 Å². The third-order valence-electron chi connectivity index (χ3n) is 5.59. The first kappa shape index (κ1) is 26.5. The third kappa shape index (κ3) is 4.56. The highest BCUT2D eigenvalue weighted by Gasteiger charge is 2.56. The van der Waals surface area contributed by atoms with Crippen molar-refractivity contribution in [1.29, 1.82) is 0 Å².